The first-order valence-corrected chi connectivity index (χ1v) is 8.40. The van der Waals surface area contributed by atoms with Crippen LogP contribution in [0.2, 0.25) is 5.32 Å². The van der Waals surface area contributed by atoms with Gasteiger partial charge in [0.05, 0.1) is 0 Å². The number of amides is 1. The summed E-state index contributed by atoms with van der Waals surface area (Å²) in [5.41, 5.74) is 0. The Hall–Kier alpha value is -0.791. The summed E-state index contributed by atoms with van der Waals surface area (Å²) in [5.74, 6) is 0.404. The number of rotatable bonds is 3. The van der Waals surface area contributed by atoms with E-state index in [1.165, 1.54) is 22.6 Å². The molecule has 2 heterocycles. The van der Waals surface area contributed by atoms with Gasteiger partial charge in [0.2, 0.25) is 0 Å². The van der Waals surface area contributed by atoms with Crippen molar-refractivity contribution in [2.75, 3.05) is 0 Å². The fourth-order valence-corrected chi connectivity index (χ4v) is 5.17. The molecule has 2 nitrogen and oxygen atoms in total. The minimum atomic E-state index is 0.404. The molecule has 1 aromatic carbocycles. The van der Waals surface area contributed by atoms with Gasteiger partial charge in [-0.05, 0) is 0 Å². The maximum atomic E-state index is 11.8. The predicted octanol–water partition coefficient (Wildman–Crippen LogP) is 1.59. The van der Waals surface area contributed by atoms with E-state index in [4.69, 9.17) is 0 Å². The third kappa shape index (κ3) is 2.27. The van der Waals surface area contributed by atoms with Crippen LogP contribution < -0.4 is 4.46 Å². The number of fused-ring (bicyclic) bond motifs is 1. The van der Waals surface area contributed by atoms with Crippen molar-refractivity contribution in [2.45, 2.75) is 43.1 Å². The molecule has 2 aliphatic rings. The van der Waals surface area contributed by atoms with Gasteiger partial charge in [0.15, 0.2) is 0 Å². The first kappa shape index (κ1) is 11.3. The molecule has 90 valence electrons. The molecule has 3 rings (SSSR count). The predicted molar refractivity (Wildman–Crippen MR) is 69.5 cm³/mol. The molecule has 3 heteroatoms. The number of hydrogen-bond acceptors (Lipinski definition) is 1. The molecule has 0 aliphatic carbocycles. The van der Waals surface area contributed by atoms with Crippen LogP contribution in [0, 0.1) is 0 Å². The van der Waals surface area contributed by atoms with Crippen LogP contribution in [0.5, 0.6) is 0 Å². The fourth-order valence-electron chi connectivity index (χ4n) is 2.94. The van der Waals surface area contributed by atoms with Crippen LogP contribution in [-0.2, 0) is 4.79 Å². The van der Waals surface area contributed by atoms with E-state index in [2.05, 4.69) is 35.2 Å². The second kappa shape index (κ2) is 4.83. The molecule has 2 aliphatic heterocycles. The van der Waals surface area contributed by atoms with E-state index in [9.17, 15) is 4.79 Å². The van der Waals surface area contributed by atoms with Crippen LogP contribution in [0.4, 0.5) is 0 Å². The molecule has 0 radical (unpaired) electrons. The van der Waals surface area contributed by atoms with Crippen LogP contribution in [-0.4, -0.2) is 37.8 Å². The van der Waals surface area contributed by atoms with Gasteiger partial charge >= 0.3 is 108 Å². The van der Waals surface area contributed by atoms with Crippen LogP contribution >= 0.6 is 0 Å². The zero-order valence-corrected chi connectivity index (χ0v) is 11.6. The summed E-state index contributed by atoms with van der Waals surface area (Å²) in [6.07, 6.45) is 4.36. The molecule has 2 fully saturated rings. The summed E-state index contributed by atoms with van der Waals surface area (Å²) in [6.45, 7) is 0. The Morgan fingerprint density at radius 2 is 2.00 bits per heavy atom. The molecule has 0 aromatic heterocycles. The van der Waals surface area contributed by atoms with E-state index in [0.717, 1.165) is 12.8 Å². The average Bonchev–Trinajstić information content (AvgIpc) is 2.92. The Kier molecular flexibility index (Phi) is 3.21. The quantitative estimate of drug-likeness (QED) is 0.775. The molecule has 1 amide bonds. The van der Waals surface area contributed by atoms with E-state index < -0.39 is 0 Å². The molecule has 0 bridgehead atoms. The van der Waals surface area contributed by atoms with Gasteiger partial charge in [0.25, 0.3) is 0 Å². The number of hydrogen-bond donors (Lipinski definition) is 0. The standard InChI is InChI=1S/C14H17NOSe/c16-14-9-8-11-6-7-12(15(11)14)10-17-13-4-2-1-3-5-13/h1-5,11-12H,6-10H2/t11-,12-/m1/s1. The van der Waals surface area contributed by atoms with Crippen molar-refractivity contribution >= 4 is 25.3 Å². The van der Waals surface area contributed by atoms with E-state index >= 15 is 0 Å². The number of nitrogens with zero attached hydrogens (tertiary/aromatic N) is 1. The third-order valence-electron chi connectivity index (χ3n) is 3.78. The molecule has 0 spiro atoms. The Labute approximate surface area is 109 Å². The van der Waals surface area contributed by atoms with Crippen molar-refractivity contribution in [1.29, 1.82) is 0 Å². The van der Waals surface area contributed by atoms with Crippen molar-refractivity contribution in [3.63, 3.8) is 0 Å². The monoisotopic (exact) mass is 295 g/mol. The molecule has 2 saturated heterocycles. The van der Waals surface area contributed by atoms with Crippen molar-refractivity contribution in [1.82, 2.24) is 4.90 Å². The SMILES string of the molecule is O=C1CC[C@H]2CC[C@H](C[Se]c3ccccc3)N12. The topological polar surface area (TPSA) is 20.3 Å². The van der Waals surface area contributed by atoms with Gasteiger partial charge in [-0.1, -0.05) is 0 Å². The molecule has 0 saturated carbocycles. The Bertz CT molecular complexity index is 406. The summed E-state index contributed by atoms with van der Waals surface area (Å²) in [7, 11) is 0. The third-order valence-corrected chi connectivity index (χ3v) is 6.21. The normalized spacial score (nSPS) is 27.5. The van der Waals surface area contributed by atoms with Crippen molar-refractivity contribution in [3.8, 4) is 0 Å². The van der Waals surface area contributed by atoms with Gasteiger partial charge in [-0.3, -0.25) is 0 Å². The van der Waals surface area contributed by atoms with E-state index in [1.54, 1.807) is 0 Å². The van der Waals surface area contributed by atoms with Gasteiger partial charge < -0.3 is 0 Å². The number of carbonyl (C=O) groups is 1. The Morgan fingerprint density at radius 1 is 1.18 bits per heavy atom. The second-order valence-electron chi connectivity index (χ2n) is 4.85. The van der Waals surface area contributed by atoms with Crippen molar-refractivity contribution in [2.24, 2.45) is 0 Å². The van der Waals surface area contributed by atoms with Crippen molar-refractivity contribution < 1.29 is 4.79 Å². The van der Waals surface area contributed by atoms with Gasteiger partial charge in [-0.25, -0.2) is 0 Å². The first-order valence-electron chi connectivity index (χ1n) is 6.33. The van der Waals surface area contributed by atoms with Crippen LogP contribution in [0.3, 0.4) is 0 Å². The second-order valence-corrected chi connectivity index (χ2v) is 7.14. The van der Waals surface area contributed by atoms with Gasteiger partial charge in [-0.2, -0.15) is 0 Å². The van der Waals surface area contributed by atoms with E-state index in [-0.39, 0.29) is 0 Å². The van der Waals surface area contributed by atoms with Gasteiger partial charge in [0, 0.05) is 0 Å². The van der Waals surface area contributed by atoms with Crippen LogP contribution in [0.25, 0.3) is 0 Å². The van der Waals surface area contributed by atoms with Gasteiger partial charge in [0.1, 0.15) is 0 Å². The molecule has 1 aromatic rings. The Morgan fingerprint density at radius 3 is 2.82 bits per heavy atom. The molecular weight excluding hydrogens is 277 g/mol. The summed E-state index contributed by atoms with van der Waals surface area (Å²) in [4.78, 5) is 14.0. The first-order chi connectivity index (χ1) is 8.34. The molecule has 0 N–H and O–H groups in total. The molecule has 17 heavy (non-hydrogen) atoms. The van der Waals surface area contributed by atoms with E-state index in [0.29, 0.717) is 32.9 Å². The maximum absolute atomic E-state index is 11.8. The van der Waals surface area contributed by atoms with Crippen LogP contribution in [0.15, 0.2) is 30.3 Å². The summed E-state index contributed by atoms with van der Waals surface area (Å²) >= 11 is 0.518. The van der Waals surface area contributed by atoms with Gasteiger partial charge in [-0.15, -0.1) is 0 Å². The molecule has 2 atom stereocenters. The zero-order valence-electron chi connectivity index (χ0n) is 9.84. The summed E-state index contributed by atoms with van der Waals surface area (Å²) < 4.78 is 1.45. The number of carbonyl (C=O) groups excluding carboxylic acids is 1. The van der Waals surface area contributed by atoms with E-state index in [1.807, 2.05) is 0 Å². The van der Waals surface area contributed by atoms with Crippen molar-refractivity contribution in [3.05, 3.63) is 30.3 Å². The Balaban J connectivity index is 1.61. The molecule has 0 unspecified atom stereocenters. The molecular formula is C14H17NOSe. The minimum absolute atomic E-state index is 0.404. The average molecular weight is 294 g/mol. The summed E-state index contributed by atoms with van der Waals surface area (Å²) in [5, 5.41) is 1.19. The zero-order chi connectivity index (χ0) is 11.7. The number of benzene rings is 1. The fraction of sp³-hybridized carbons (Fsp3) is 0.500. The summed E-state index contributed by atoms with van der Waals surface area (Å²) in [6, 6.07) is 11.8. The van der Waals surface area contributed by atoms with Crippen LogP contribution in [0.1, 0.15) is 25.7 Å².